The lowest BCUT2D eigenvalue weighted by Gasteiger charge is -2.13. The van der Waals surface area contributed by atoms with E-state index in [1.807, 2.05) is 0 Å². The fraction of sp³-hybridized carbons (Fsp3) is 0.167. The Kier molecular flexibility index (Phi) is 6.04. The number of hydrogen-bond acceptors (Lipinski definition) is 7. The summed E-state index contributed by atoms with van der Waals surface area (Å²) >= 11 is 0. The summed E-state index contributed by atoms with van der Waals surface area (Å²) in [6.45, 7) is -0.393. The van der Waals surface area contributed by atoms with Crippen molar-refractivity contribution in [2.75, 3.05) is 5.32 Å². The molecule has 2 aromatic heterocycles. The van der Waals surface area contributed by atoms with E-state index in [9.17, 15) is 31.1 Å². The van der Waals surface area contributed by atoms with Crippen LogP contribution in [0.15, 0.2) is 53.3 Å². The molecule has 3 rings (SSSR count). The van der Waals surface area contributed by atoms with Gasteiger partial charge in [0, 0.05) is 11.9 Å². The van der Waals surface area contributed by atoms with Gasteiger partial charge in [-0.15, -0.1) is 13.2 Å². The van der Waals surface area contributed by atoms with Gasteiger partial charge in [0.05, 0.1) is 6.26 Å². The highest BCUT2D eigenvalue weighted by Gasteiger charge is 2.39. The second kappa shape index (κ2) is 8.53. The van der Waals surface area contributed by atoms with Gasteiger partial charge in [0.1, 0.15) is 23.7 Å². The second-order valence-corrected chi connectivity index (χ2v) is 5.81. The molecule has 0 spiro atoms. The molecule has 0 radical (unpaired) electrons. The summed E-state index contributed by atoms with van der Waals surface area (Å²) in [7, 11) is 0. The SMILES string of the molecule is O=C(OCc1ccco1)c1cnc(Nc2ccc(OC(F)(F)F)cc2)nc1C(F)(F)F. The molecule has 0 aliphatic heterocycles. The van der Waals surface area contributed by atoms with Gasteiger partial charge >= 0.3 is 18.5 Å². The van der Waals surface area contributed by atoms with E-state index in [0.29, 0.717) is 6.20 Å². The van der Waals surface area contributed by atoms with E-state index >= 15 is 0 Å². The Morgan fingerprint density at radius 1 is 1.06 bits per heavy atom. The fourth-order valence-electron chi connectivity index (χ4n) is 2.29. The van der Waals surface area contributed by atoms with Crippen LogP contribution in [0.5, 0.6) is 5.75 Å². The van der Waals surface area contributed by atoms with Crippen molar-refractivity contribution in [3.8, 4) is 5.75 Å². The lowest BCUT2D eigenvalue weighted by Crippen LogP contribution is -2.19. The van der Waals surface area contributed by atoms with Crippen molar-refractivity contribution in [2.45, 2.75) is 19.1 Å². The molecule has 0 bridgehead atoms. The molecule has 0 fully saturated rings. The average molecular weight is 447 g/mol. The van der Waals surface area contributed by atoms with E-state index in [1.165, 1.54) is 18.4 Å². The van der Waals surface area contributed by atoms with Crippen LogP contribution in [0.4, 0.5) is 38.0 Å². The predicted octanol–water partition coefficient (Wildman–Crippen LogP) is 5.09. The number of alkyl halides is 6. The first-order chi connectivity index (χ1) is 14.5. The molecule has 2 heterocycles. The molecular formula is C18H11F6N3O4. The Morgan fingerprint density at radius 3 is 2.35 bits per heavy atom. The molecule has 3 aromatic rings. The number of benzene rings is 1. The van der Waals surface area contributed by atoms with Crippen molar-refractivity contribution >= 4 is 17.6 Å². The van der Waals surface area contributed by atoms with Crippen molar-refractivity contribution in [3.05, 3.63) is 65.9 Å². The first kappa shape index (κ1) is 21.9. The standard InChI is InChI=1S/C18H11F6N3O4/c19-17(20,21)14-13(15(28)30-9-12-2-1-7-29-12)8-25-16(27-14)26-10-3-5-11(6-4-10)31-18(22,23)24/h1-8H,9H2,(H,25,26,27). The topological polar surface area (TPSA) is 86.5 Å². The van der Waals surface area contributed by atoms with Gasteiger partial charge in [0.2, 0.25) is 5.95 Å². The smallest absolute Gasteiger partial charge is 0.466 e. The fourth-order valence-corrected chi connectivity index (χ4v) is 2.29. The maximum absolute atomic E-state index is 13.4. The Labute approximate surface area is 169 Å². The first-order valence-electron chi connectivity index (χ1n) is 8.28. The molecule has 1 N–H and O–H groups in total. The highest BCUT2D eigenvalue weighted by atomic mass is 19.4. The maximum atomic E-state index is 13.4. The number of rotatable bonds is 6. The Hall–Kier alpha value is -3.77. The number of esters is 1. The van der Waals surface area contributed by atoms with Gasteiger partial charge in [-0.05, 0) is 36.4 Å². The third kappa shape index (κ3) is 6.10. The maximum Gasteiger partial charge on any atom is 0.573 e. The van der Waals surface area contributed by atoms with Gasteiger partial charge in [-0.1, -0.05) is 0 Å². The zero-order valence-electron chi connectivity index (χ0n) is 15.1. The number of hydrogen-bond donors (Lipinski definition) is 1. The molecule has 7 nitrogen and oxygen atoms in total. The number of aromatic nitrogens is 2. The summed E-state index contributed by atoms with van der Waals surface area (Å²) in [4.78, 5) is 19.0. The van der Waals surface area contributed by atoms with E-state index in [2.05, 4.69) is 20.0 Å². The lowest BCUT2D eigenvalue weighted by atomic mass is 10.2. The molecule has 0 saturated carbocycles. The van der Waals surface area contributed by atoms with Gasteiger partial charge in [-0.3, -0.25) is 0 Å². The van der Waals surface area contributed by atoms with Gasteiger partial charge in [-0.25, -0.2) is 14.8 Å². The van der Waals surface area contributed by atoms with Crippen LogP contribution in [-0.4, -0.2) is 22.3 Å². The number of nitrogens with one attached hydrogen (secondary N) is 1. The number of halogens is 6. The normalized spacial score (nSPS) is 11.8. The molecule has 0 unspecified atom stereocenters. The van der Waals surface area contributed by atoms with E-state index in [1.54, 1.807) is 0 Å². The quantitative estimate of drug-likeness (QED) is 0.416. The highest BCUT2D eigenvalue weighted by Crippen LogP contribution is 2.32. The monoisotopic (exact) mass is 447 g/mol. The molecule has 0 aliphatic rings. The minimum atomic E-state index is -5.01. The largest absolute Gasteiger partial charge is 0.573 e. The van der Waals surface area contributed by atoms with Crippen molar-refractivity contribution in [3.63, 3.8) is 0 Å². The minimum Gasteiger partial charge on any atom is -0.466 e. The number of anilines is 2. The zero-order chi connectivity index (χ0) is 22.6. The van der Waals surface area contributed by atoms with Crippen molar-refractivity contribution in [1.29, 1.82) is 0 Å². The van der Waals surface area contributed by atoms with Crippen LogP contribution in [-0.2, 0) is 17.5 Å². The molecule has 0 saturated heterocycles. The Balaban J connectivity index is 1.77. The molecule has 0 atom stereocenters. The summed E-state index contributed by atoms with van der Waals surface area (Å²) in [5.74, 6) is -2.16. The number of carbonyl (C=O) groups is 1. The first-order valence-corrected chi connectivity index (χ1v) is 8.28. The molecule has 0 aliphatic carbocycles. The third-order valence-corrected chi connectivity index (χ3v) is 3.55. The van der Waals surface area contributed by atoms with Gasteiger partial charge in [-0.2, -0.15) is 13.2 Å². The summed E-state index contributed by atoms with van der Waals surface area (Å²) in [5.41, 5.74) is -2.39. The molecule has 164 valence electrons. The lowest BCUT2D eigenvalue weighted by molar-refractivity contribution is -0.274. The number of carbonyl (C=O) groups excluding carboxylic acids is 1. The van der Waals surface area contributed by atoms with E-state index in [0.717, 1.165) is 24.3 Å². The summed E-state index contributed by atoms with van der Waals surface area (Å²) in [5, 5.41) is 2.40. The van der Waals surface area contributed by atoms with E-state index in [4.69, 9.17) is 9.15 Å². The van der Waals surface area contributed by atoms with E-state index in [-0.39, 0.29) is 11.4 Å². The second-order valence-electron chi connectivity index (χ2n) is 5.81. The van der Waals surface area contributed by atoms with Crippen LogP contribution in [0.2, 0.25) is 0 Å². The number of nitrogens with zero attached hydrogens (tertiary/aromatic N) is 2. The summed E-state index contributed by atoms with van der Waals surface area (Å²) in [6.07, 6.45) is -7.97. The van der Waals surface area contributed by atoms with Gasteiger partial charge in [0.25, 0.3) is 0 Å². The average Bonchev–Trinajstić information content (AvgIpc) is 3.19. The van der Waals surface area contributed by atoms with Crippen molar-refractivity contribution < 1.29 is 45.0 Å². The van der Waals surface area contributed by atoms with Crippen LogP contribution in [0.1, 0.15) is 21.8 Å². The Morgan fingerprint density at radius 2 is 1.77 bits per heavy atom. The predicted molar refractivity (Wildman–Crippen MR) is 91.3 cm³/mol. The zero-order valence-corrected chi connectivity index (χ0v) is 15.1. The molecule has 13 heteroatoms. The van der Waals surface area contributed by atoms with Gasteiger partial charge < -0.3 is 19.2 Å². The van der Waals surface area contributed by atoms with Crippen LogP contribution < -0.4 is 10.1 Å². The van der Waals surface area contributed by atoms with Gasteiger partial charge in [0.15, 0.2) is 5.69 Å². The van der Waals surface area contributed by atoms with Crippen molar-refractivity contribution in [1.82, 2.24) is 9.97 Å². The molecular weight excluding hydrogens is 436 g/mol. The minimum absolute atomic E-state index is 0.0794. The Bertz CT molecular complexity index is 1030. The third-order valence-electron chi connectivity index (χ3n) is 3.55. The highest BCUT2D eigenvalue weighted by molar-refractivity contribution is 5.90. The van der Waals surface area contributed by atoms with Crippen LogP contribution in [0, 0.1) is 0 Å². The molecule has 31 heavy (non-hydrogen) atoms. The van der Waals surface area contributed by atoms with Crippen LogP contribution in [0.25, 0.3) is 0 Å². The molecule has 0 amide bonds. The van der Waals surface area contributed by atoms with Crippen LogP contribution in [0.3, 0.4) is 0 Å². The number of ether oxygens (including phenoxy) is 2. The summed E-state index contributed by atoms with van der Waals surface area (Å²) < 4.78 is 90.1. The summed E-state index contributed by atoms with van der Waals surface area (Å²) in [6, 6.07) is 7.09. The molecule has 1 aromatic carbocycles. The van der Waals surface area contributed by atoms with Crippen molar-refractivity contribution in [2.24, 2.45) is 0 Å². The van der Waals surface area contributed by atoms with Crippen LogP contribution >= 0.6 is 0 Å². The number of furan rings is 1. The van der Waals surface area contributed by atoms with E-state index < -0.39 is 48.1 Å².